The van der Waals surface area contributed by atoms with Crippen LogP contribution in [0.3, 0.4) is 0 Å². The highest BCUT2D eigenvalue weighted by Crippen LogP contribution is 2.24. The smallest absolute Gasteiger partial charge is 0.185 e. The molecule has 0 bridgehead atoms. The number of allylic oxidation sites excluding steroid dienone is 1. The number of hydrogen-bond acceptors (Lipinski definition) is 3. The van der Waals surface area contributed by atoms with Crippen LogP contribution < -0.4 is 9.47 Å². The maximum absolute atomic E-state index is 12.7. The molecule has 0 radical (unpaired) electrons. The molecule has 3 nitrogen and oxygen atoms in total. The molecule has 0 spiro atoms. The van der Waals surface area contributed by atoms with Gasteiger partial charge in [-0.05, 0) is 64.9 Å². The first kappa shape index (κ1) is 20.7. The number of halogens is 1. The summed E-state index contributed by atoms with van der Waals surface area (Å²) in [6, 6.07) is 26.7. The van der Waals surface area contributed by atoms with Gasteiger partial charge in [-0.2, -0.15) is 0 Å². The lowest BCUT2D eigenvalue weighted by molar-refractivity contribution is 0.104. The normalized spacial score (nSPS) is 11.0. The van der Waals surface area contributed by atoms with Crippen LogP contribution in [-0.2, 0) is 6.61 Å². The number of fused-ring (bicyclic) bond motifs is 1. The topological polar surface area (TPSA) is 35.5 Å². The van der Waals surface area contributed by atoms with Crippen LogP contribution in [0.1, 0.15) is 21.5 Å². The maximum Gasteiger partial charge on any atom is 0.185 e. The van der Waals surface area contributed by atoms with E-state index in [1.54, 1.807) is 25.3 Å². The minimum absolute atomic E-state index is 0.0412. The summed E-state index contributed by atoms with van der Waals surface area (Å²) in [5.74, 6) is 1.41. The van der Waals surface area contributed by atoms with Crippen molar-refractivity contribution in [1.29, 1.82) is 0 Å². The third-order valence-corrected chi connectivity index (χ3v) is 5.23. The fourth-order valence-electron chi connectivity index (χ4n) is 3.32. The Morgan fingerprint density at radius 2 is 1.68 bits per heavy atom. The number of ketones is 1. The molecule has 4 aromatic rings. The SMILES string of the molecule is COc1ccc(/C=C/C(=O)c2ccc3ccccc3c2)cc1COc1ccc(Cl)cc1. The molecule has 154 valence electrons. The lowest BCUT2D eigenvalue weighted by Crippen LogP contribution is -1.99. The van der Waals surface area contributed by atoms with Crippen LogP contribution >= 0.6 is 11.6 Å². The molecule has 0 aliphatic carbocycles. The van der Waals surface area contributed by atoms with Crippen molar-refractivity contribution in [2.45, 2.75) is 6.61 Å². The Kier molecular flexibility index (Phi) is 6.34. The number of rotatable bonds is 7. The molecular weight excluding hydrogens is 408 g/mol. The third kappa shape index (κ3) is 5.14. The van der Waals surface area contributed by atoms with Crippen LogP contribution in [0.2, 0.25) is 5.02 Å². The van der Waals surface area contributed by atoms with Gasteiger partial charge in [-0.3, -0.25) is 4.79 Å². The van der Waals surface area contributed by atoms with E-state index in [2.05, 4.69) is 0 Å². The molecule has 0 fully saturated rings. The van der Waals surface area contributed by atoms with Crippen LogP contribution in [0.4, 0.5) is 0 Å². The van der Waals surface area contributed by atoms with Gasteiger partial charge in [0.25, 0.3) is 0 Å². The highest BCUT2D eigenvalue weighted by molar-refractivity contribution is 6.30. The zero-order chi connectivity index (χ0) is 21.6. The number of carbonyl (C=O) groups is 1. The van der Waals surface area contributed by atoms with Gasteiger partial charge in [-0.15, -0.1) is 0 Å². The highest BCUT2D eigenvalue weighted by atomic mass is 35.5. The van der Waals surface area contributed by atoms with Crippen molar-refractivity contribution in [3.05, 3.63) is 113 Å². The molecule has 0 aliphatic rings. The van der Waals surface area contributed by atoms with Gasteiger partial charge in [0.05, 0.1) is 7.11 Å². The molecule has 0 atom stereocenters. The number of carbonyl (C=O) groups excluding carboxylic acids is 1. The Hall–Kier alpha value is -3.56. The lowest BCUT2D eigenvalue weighted by atomic mass is 10.0. The van der Waals surface area contributed by atoms with Crippen LogP contribution in [0, 0.1) is 0 Å². The summed E-state index contributed by atoms with van der Waals surface area (Å²) in [6.45, 7) is 0.338. The molecule has 4 aromatic carbocycles. The van der Waals surface area contributed by atoms with Gasteiger partial charge >= 0.3 is 0 Å². The Morgan fingerprint density at radius 3 is 2.45 bits per heavy atom. The van der Waals surface area contributed by atoms with Crippen molar-refractivity contribution >= 4 is 34.2 Å². The van der Waals surface area contributed by atoms with Crippen molar-refractivity contribution in [2.24, 2.45) is 0 Å². The quantitative estimate of drug-likeness (QED) is 0.235. The molecule has 4 heteroatoms. The molecule has 0 aliphatic heterocycles. The minimum atomic E-state index is -0.0412. The van der Waals surface area contributed by atoms with E-state index in [4.69, 9.17) is 21.1 Å². The van der Waals surface area contributed by atoms with Gasteiger partial charge in [0.15, 0.2) is 5.78 Å². The third-order valence-electron chi connectivity index (χ3n) is 4.97. The van der Waals surface area contributed by atoms with Crippen molar-refractivity contribution in [1.82, 2.24) is 0 Å². The summed E-state index contributed by atoms with van der Waals surface area (Å²) < 4.78 is 11.3. The van der Waals surface area contributed by atoms with Crippen molar-refractivity contribution in [2.75, 3.05) is 7.11 Å². The number of ether oxygens (including phenoxy) is 2. The van der Waals surface area contributed by atoms with Gasteiger partial charge < -0.3 is 9.47 Å². The molecule has 31 heavy (non-hydrogen) atoms. The molecule has 4 rings (SSSR count). The van der Waals surface area contributed by atoms with Crippen molar-refractivity contribution in [3.8, 4) is 11.5 Å². The second kappa shape index (κ2) is 9.50. The van der Waals surface area contributed by atoms with Gasteiger partial charge in [-0.25, -0.2) is 0 Å². The van der Waals surface area contributed by atoms with Crippen LogP contribution in [0.15, 0.2) is 91.0 Å². The van der Waals surface area contributed by atoms with Crippen LogP contribution in [0.5, 0.6) is 11.5 Å². The first-order valence-electron chi connectivity index (χ1n) is 9.89. The van der Waals surface area contributed by atoms with Crippen LogP contribution in [-0.4, -0.2) is 12.9 Å². The molecule has 0 saturated heterocycles. The second-order valence-electron chi connectivity index (χ2n) is 7.07. The Bertz CT molecular complexity index is 1240. The average Bonchev–Trinajstić information content (AvgIpc) is 2.82. The molecule has 0 unspecified atom stereocenters. The summed E-state index contributed by atoms with van der Waals surface area (Å²) in [7, 11) is 1.62. The number of benzene rings is 4. The molecule has 0 amide bonds. The van der Waals surface area contributed by atoms with Gasteiger partial charge in [0.2, 0.25) is 0 Å². The fraction of sp³-hybridized carbons (Fsp3) is 0.0741. The van der Waals surface area contributed by atoms with E-state index >= 15 is 0 Å². The highest BCUT2D eigenvalue weighted by Gasteiger charge is 2.07. The average molecular weight is 429 g/mol. The first-order chi connectivity index (χ1) is 15.1. The number of hydrogen-bond donors (Lipinski definition) is 0. The van der Waals surface area contributed by atoms with E-state index in [0.717, 1.165) is 33.4 Å². The zero-order valence-electron chi connectivity index (χ0n) is 17.0. The van der Waals surface area contributed by atoms with E-state index in [-0.39, 0.29) is 5.78 Å². The van der Waals surface area contributed by atoms with E-state index in [0.29, 0.717) is 17.2 Å². The summed E-state index contributed by atoms with van der Waals surface area (Å²) >= 11 is 5.92. The van der Waals surface area contributed by atoms with E-state index in [1.165, 1.54) is 0 Å². The van der Waals surface area contributed by atoms with Crippen LogP contribution in [0.25, 0.3) is 16.8 Å². The summed E-state index contributed by atoms with van der Waals surface area (Å²) in [6.07, 6.45) is 3.40. The maximum atomic E-state index is 12.7. The predicted octanol–water partition coefficient (Wildman–Crippen LogP) is 6.98. The van der Waals surface area contributed by atoms with Gasteiger partial charge in [0.1, 0.15) is 18.1 Å². The van der Waals surface area contributed by atoms with Gasteiger partial charge in [0, 0.05) is 16.1 Å². The zero-order valence-corrected chi connectivity index (χ0v) is 17.8. The summed E-state index contributed by atoms with van der Waals surface area (Å²) in [5, 5.41) is 2.82. The largest absolute Gasteiger partial charge is 0.496 e. The fourth-order valence-corrected chi connectivity index (χ4v) is 3.44. The van der Waals surface area contributed by atoms with Gasteiger partial charge in [-0.1, -0.05) is 60.1 Å². The standard InChI is InChI=1S/C27H21ClO3/c1-30-27-15-7-19(16-23(27)18-31-25-12-10-24(28)11-13-25)6-14-26(29)22-9-8-20-4-2-3-5-21(20)17-22/h2-17H,18H2,1H3/b14-6+. The Balaban J connectivity index is 1.50. The summed E-state index contributed by atoms with van der Waals surface area (Å²) in [5.41, 5.74) is 2.44. The lowest BCUT2D eigenvalue weighted by Gasteiger charge is -2.11. The predicted molar refractivity (Wildman–Crippen MR) is 126 cm³/mol. The minimum Gasteiger partial charge on any atom is -0.496 e. The summed E-state index contributed by atoms with van der Waals surface area (Å²) in [4.78, 5) is 12.7. The molecule has 0 aromatic heterocycles. The molecule has 0 saturated carbocycles. The van der Waals surface area contributed by atoms with E-state index < -0.39 is 0 Å². The molecule has 0 N–H and O–H groups in total. The van der Waals surface area contributed by atoms with Crippen molar-refractivity contribution in [3.63, 3.8) is 0 Å². The second-order valence-corrected chi connectivity index (χ2v) is 7.51. The monoisotopic (exact) mass is 428 g/mol. The Morgan fingerprint density at radius 1 is 0.903 bits per heavy atom. The van der Waals surface area contributed by atoms with E-state index in [9.17, 15) is 4.79 Å². The Labute approximate surface area is 186 Å². The van der Waals surface area contributed by atoms with E-state index in [1.807, 2.05) is 78.9 Å². The molecule has 0 heterocycles. The molecular formula is C27H21ClO3. The number of methoxy groups -OCH3 is 1. The first-order valence-corrected chi connectivity index (χ1v) is 10.3. The van der Waals surface area contributed by atoms with Crippen molar-refractivity contribution < 1.29 is 14.3 Å².